The van der Waals surface area contributed by atoms with Gasteiger partial charge in [-0.2, -0.15) is 8.78 Å². The Kier molecular flexibility index (Phi) is 2.56. The molecule has 0 bridgehead atoms. The quantitative estimate of drug-likeness (QED) is 0.770. The zero-order valence-corrected chi connectivity index (χ0v) is 6.89. The molecule has 13 heavy (non-hydrogen) atoms. The second-order valence-corrected chi connectivity index (χ2v) is 2.71. The molecule has 0 saturated carbocycles. The van der Waals surface area contributed by atoms with Crippen molar-refractivity contribution in [1.29, 1.82) is 0 Å². The first-order valence-corrected chi connectivity index (χ1v) is 3.58. The maximum absolute atomic E-state index is 12.9. The van der Waals surface area contributed by atoms with Crippen LogP contribution in [0.5, 0.6) is 0 Å². The highest BCUT2D eigenvalue weighted by Crippen LogP contribution is 2.27. The molecule has 1 rings (SSSR count). The van der Waals surface area contributed by atoms with Gasteiger partial charge in [0.05, 0.1) is 0 Å². The summed E-state index contributed by atoms with van der Waals surface area (Å²) in [5.74, 6) is -4.71. The summed E-state index contributed by atoms with van der Waals surface area (Å²) in [5, 5.41) is 8.28. The van der Waals surface area contributed by atoms with Crippen molar-refractivity contribution in [3.05, 3.63) is 29.3 Å². The fourth-order valence-electron chi connectivity index (χ4n) is 0.878. The van der Waals surface area contributed by atoms with E-state index in [-0.39, 0.29) is 0 Å². The third-order valence-electron chi connectivity index (χ3n) is 1.52. The standard InChI is InChI=1S/C8H8F3NO/c1-5-2-6(9)7(12-3-5)8(10,11)4-13/h2-3,13H,4H2,1H3. The Hall–Kier alpha value is -1.10. The van der Waals surface area contributed by atoms with Gasteiger partial charge in [-0.25, -0.2) is 4.39 Å². The molecular formula is C8H8F3NO. The van der Waals surface area contributed by atoms with E-state index in [1.807, 2.05) is 0 Å². The molecule has 72 valence electrons. The molecule has 0 amide bonds. The van der Waals surface area contributed by atoms with Gasteiger partial charge in [-0.15, -0.1) is 0 Å². The Balaban J connectivity index is 3.16. The summed E-state index contributed by atoms with van der Waals surface area (Å²) in [4.78, 5) is 3.24. The van der Waals surface area contributed by atoms with Gasteiger partial charge in [0.15, 0.2) is 5.82 Å². The number of halogens is 3. The molecule has 0 saturated heterocycles. The van der Waals surface area contributed by atoms with E-state index >= 15 is 0 Å². The molecule has 1 aromatic heterocycles. The summed E-state index contributed by atoms with van der Waals surface area (Å²) >= 11 is 0. The molecule has 5 heteroatoms. The van der Waals surface area contributed by atoms with Gasteiger partial charge in [-0.3, -0.25) is 4.98 Å². The number of aliphatic hydroxyl groups is 1. The van der Waals surface area contributed by atoms with Gasteiger partial charge in [0.25, 0.3) is 0 Å². The fourth-order valence-corrected chi connectivity index (χ4v) is 0.878. The van der Waals surface area contributed by atoms with E-state index in [2.05, 4.69) is 4.98 Å². The number of aryl methyl sites for hydroxylation is 1. The molecule has 0 spiro atoms. The number of alkyl halides is 2. The number of nitrogens with zero attached hydrogens (tertiary/aromatic N) is 1. The van der Waals surface area contributed by atoms with Crippen LogP contribution in [0, 0.1) is 12.7 Å². The number of aliphatic hydroxyl groups excluding tert-OH is 1. The Labute approximate surface area is 73.0 Å². The maximum atomic E-state index is 12.9. The molecule has 0 aliphatic rings. The van der Waals surface area contributed by atoms with Crippen LogP contribution in [0.2, 0.25) is 0 Å². The normalized spacial score (nSPS) is 11.8. The van der Waals surface area contributed by atoms with Crippen LogP contribution in [0.3, 0.4) is 0 Å². The highest BCUT2D eigenvalue weighted by Gasteiger charge is 2.35. The third-order valence-corrected chi connectivity index (χ3v) is 1.52. The molecule has 1 aromatic rings. The van der Waals surface area contributed by atoms with Gasteiger partial charge in [-0.1, -0.05) is 0 Å². The predicted octanol–water partition coefficient (Wildman–Crippen LogP) is 1.61. The number of rotatable bonds is 2. The molecular weight excluding hydrogens is 183 g/mol. The van der Waals surface area contributed by atoms with E-state index in [9.17, 15) is 13.2 Å². The summed E-state index contributed by atoms with van der Waals surface area (Å²) in [6.45, 7) is 0.0942. The van der Waals surface area contributed by atoms with Crippen molar-refractivity contribution in [1.82, 2.24) is 4.98 Å². The van der Waals surface area contributed by atoms with Crippen LogP contribution >= 0.6 is 0 Å². The summed E-state index contributed by atoms with van der Waals surface area (Å²) in [7, 11) is 0. The number of aromatic nitrogens is 1. The Bertz CT molecular complexity index is 314. The SMILES string of the molecule is Cc1cnc(C(F)(F)CO)c(F)c1. The lowest BCUT2D eigenvalue weighted by Gasteiger charge is -2.12. The third kappa shape index (κ3) is 1.98. The van der Waals surface area contributed by atoms with Crippen molar-refractivity contribution in [3.8, 4) is 0 Å². The molecule has 0 radical (unpaired) electrons. The number of pyridine rings is 1. The van der Waals surface area contributed by atoms with Crippen LogP contribution in [-0.2, 0) is 5.92 Å². The van der Waals surface area contributed by atoms with Crippen molar-refractivity contribution in [2.45, 2.75) is 12.8 Å². The van der Waals surface area contributed by atoms with Crippen LogP contribution in [0.1, 0.15) is 11.3 Å². The summed E-state index contributed by atoms with van der Waals surface area (Å²) in [5.41, 5.74) is -0.560. The first kappa shape index (κ1) is 9.98. The van der Waals surface area contributed by atoms with E-state index in [0.29, 0.717) is 5.56 Å². The van der Waals surface area contributed by atoms with Crippen LogP contribution in [0.4, 0.5) is 13.2 Å². The van der Waals surface area contributed by atoms with Crippen LogP contribution < -0.4 is 0 Å². The summed E-state index contributed by atoms with van der Waals surface area (Å²) in [6, 6.07) is 0.950. The van der Waals surface area contributed by atoms with Crippen molar-refractivity contribution >= 4 is 0 Å². The minimum Gasteiger partial charge on any atom is -0.390 e. The molecule has 0 atom stereocenters. The van der Waals surface area contributed by atoms with Crippen molar-refractivity contribution in [2.75, 3.05) is 6.61 Å². The van der Waals surface area contributed by atoms with Crippen LogP contribution in [-0.4, -0.2) is 16.7 Å². The topological polar surface area (TPSA) is 33.1 Å². The van der Waals surface area contributed by atoms with Crippen molar-refractivity contribution in [3.63, 3.8) is 0 Å². The Morgan fingerprint density at radius 2 is 2.15 bits per heavy atom. The zero-order valence-electron chi connectivity index (χ0n) is 6.89. The van der Waals surface area contributed by atoms with Crippen molar-refractivity contribution in [2.24, 2.45) is 0 Å². The number of hydrogen-bond acceptors (Lipinski definition) is 2. The van der Waals surface area contributed by atoms with E-state index in [1.54, 1.807) is 0 Å². The molecule has 0 fully saturated rings. The van der Waals surface area contributed by atoms with E-state index < -0.39 is 24.0 Å². The Morgan fingerprint density at radius 3 is 2.62 bits per heavy atom. The van der Waals surface area contributed by atoms with E-state index in [1.165, 1.54) is 6.92 Å². The molecule has 1 N–H and O–H groups in total. The molecule has 0 aromatic carbocycles. The average molecular weight is 191 g/mol. The van der Waals surface area contributed by atoms with Gasteiger partial charge in [0.2, 0.25) is 0 Å². The average Bonchev–Trinajstić information content (AvgIpc) is 2.03. The number of hydrogen-bond donors (Lipinski definition) is 1. The first-order chi connectivity index (χ1) is 5.97. The minimum absolute atomic E-state index is 0.454. The fraction of sp³-hybridized carbons (Fsp3) is 0.375. The minimum atomic E-state index is -3.61. The lowest BCUT2D eigenvalue weighted by atomic mass is 10.2. The largest absolute Gasteiger partial charge is 0.390 e. The predicted molar refractivity (Wildman–Crippen MR) is 39.9 cm³/mol. The molecule has 1 heterocycles. The van der Waals surface area contributed by atoms with E-state index in [0.717, 1.165) is 12.3 Å². The van der Waals surface area contributed by atoms with Crippen molar-refractivity contribution < 1.29 is 18.3 Å². The second kappa shape index (κ2) is 3.33. The highest BCUT2D eigenvalue weighted by atomic mass is 19.3. The monoisotopic (exact) mass is 191 g/mol. The lowest BCUT2D eigenvalue weighted by molar-refractivity contribution is -0.0621. The van der Waals surface area contributed by atoms with Gasteiger partial charge in [0, 0.05) is 6.20 Å². The van der Waals surface area contributed by atoms with Gasteiger partial charge < -0.3 is 5.11 Å². The molecule has 0 aliphatic carbocycles. The molecule has 0 unspecified atom stereocenters. The van der Waals surface area contributed by atoms with Crippen LogP contribution in [0.15, 0.2) is 12.3 Å². The molecule has 0 aliphatic heterocycles. The second-order valence-electron chi connectivity index (χ2n) is 2.71. The smallest absolute Gasteiger partial charge is 0.315 e. The molecule has 2 nitrogen and oxygen atoms in total. The maximum Gasteiger partial charge on any atom is 0.315 e. The highest BCUT2D eigenvalue weighted by molar-refractivity contribution is 5.18. The van der Waals surface area contributed by atoms with Crippen LogP contribution in [0.25, 0.3) is 0 Å². The first-order valence-electron chi connectivity index (χ1n) is 3.58. The lowest BCUT2D eigenvalue weighted by Crippen LogP contribution is -2.22. The van der Waals surface area contributed by atoms with Gasteiger partial charge in [0.1, 0.15) is 12.3 Å². The zero-order chi connectivity index (χ0) is 10.1. The Morgan fingerprint density at radius 1 is 1.54 bits per heavy atom. The summed E-state index contributed by atoms with van der Waals surface area (Å²) < 4.78 is 38.3. The summed E-state index contributed by atoms with van der Waals surface area (Å²) in [6.07, 6.45) is 1.13. The van der Waals surface area contributed by atoms with Gasteiger partial charge >= 0.3 is 5.92 Å². The van der Waals surface area contributed by atoms with E-state index in [4.69, 9.17) is 5.11 Å². The van der Waals surface area contributed by atoms with Gasteiger partial charge in [-0.05, 0) is 18.6 Å².